The van der Waals surface area contributed by atoms with Gasteiger partial charge in [-0.3, -0.25) is 9.78 Å². The van der Waals surface area contributed by atoms with E-state index in [1.54, 1.807) is 12.4 Å². The lowest BCUT2D eigenvalue weighted by Crippen LogP contribution is -2.20. The Morgan fingerprint density at radius 1 is 1.17 bits per heavy atom. The molecule has 5 rings (SSSR count). The van der Waals surface area contributed by atoms with Gasteiger partial charge < -0.3 is 19.8 Å². The molecule has 1 saturated carbocycles. The van der Waals surface area contributed by atoms with Gasteiger partial charge >= 0.3 is 0 Å². The number of fused-ring (bicyclic) bond motifs is 1. The number of nitrogens with zero attached hydrogens (tertiary/aromatic N) is 1. The molecule has 0 spiro atoms. The van der Waals surface area contributed by atoms with Gasteiger partial charge in [-0.15, -0.1) is 0 Å². The number of nitrogens with one attached hydrogen (secondary N) is 2. The Bertz CT molecular complexity index is 1090. The topological polar surface area (TPSA) is 84.1 Å². The molecular formula is C24H23N3O3. The summed E-state index contributed by atoms with van der Waals surface area (Å²) in [5.74, 6) is 0.998. The van der Waals surface area contributed by atoms with Gasteiger partial charge in [0.1, 0.15) is 12.0 Å². The van der Waals surface area contributed by atoms with E-state index < -0.39 is 0 Å². The summed E-state index contributed by atoms with van der Waals surface area (Å²) in [6.07, 6.45) is 7.49. The van der Waals surface area contributed by atoms with Gasteiger partial charge in [0.25, 0.3) is 0 Å². The second-order valence-electron chi connectivity index (χ2n) is 8.07. The summed E-state index contributed by atoms with van der Waals surface area (Å²) in [5, 5.41) is 3.43. The number of ketones is 1. The van der Waals surface area contributed by atoms with Crippen molar-refractivity contribution in [3.63, 3.8) is 0 Å². The lowest BCUT2D eigenvalue weighted by molar-refractivity contribution is -0.111. The van der Waals surface area contributed by atoms with Crippen LogP contribution in [0.5, 0.6) is 5.75 Å². The standard InChI is InChI=1S/C24H23N3O3/c28-13-16-10-19-22(20(29)11-16)24(26-17-4-2-1-3-5-17)23(27-19)18-8-9-25-12-21(18)30-14-15-6-7-15/h1-5,8-9,12-13,15-16,26-27H,6-7,10-11,14H2. The predicted octanol–water partition coefficient (Wildman–Crippen LogP) is 4.55. The molecule has 152 valence electrons. The van der Waals surface area contributed by atoms with Gasteiger partial charge in [0, 0.05) is 35.5 Å². The zero-order chi connectivity index (χ0) is 20.5. The number of hydrogen-bond acceptors (Lipinski definition) is 5. The van der Waals surface area contributed by atoms with E-state index in [2.05, 4.69) is 15.3 Å². The number of aromatic nitrogens is 2. The molecule has 1 fully saturated rings. The van der Waals surface area contributed by atoms with Gasteiger partial charge in [-0.1, -0.05) is 18.2 Å². The van der Waals surface area contributed by atoms with E-state index >= 15 is 0 Å². The van der Waals surface area contributed by atoms with Crippen molar-refractivity contribution in [1.29, 1.82) is 0 Å². The van der Waals surface area contributed by atoms with E-state index in [4.69, 9.17) is 4.74 Å². The van der Waals surface area contributed by atoms with Crippen LogP contribution in [0.3, 0.4) is 0 Å². The fraction of sp³-hybridized carbons (Fsp3) is 0.292. The molecule has 1 atom stereocenters. The Morgan fingerprint density at radius 2 is 2.00 bits per heavy atom. The van der Waals surface area contributed by atoms with E-state index in [0.29, 0.717) is 30.3 Å². The minimum absolute atomic E-state index is 0.0243. The van der Waals surface area contributed by atoms with Gasteiger partial charge in [-0.2, -0.15) is 0 Å². The van der Waals surface area contributed by atoms with Crippen LogP contribution in [0.4, 0.5) is 11.4 Å². The van der Waals surface area contributed by atoms with Crippen LogP contribution in [0.15, 0.2) is 48.8 Å². The number of pyridine rings is 1. The highest BCUT2D eigenvalue weighted by Crippen LogP contribution is 2.42. The number of Topliss-reactive ketones (excluding diaryl/α,β-unsaturated/α-hetero) is 1. The Morgan fingerprint density at radius 3 is 2.77 bits per heavy atom. The third kappa shape index (κ3) is 3.61. The minimum Gasteiger partial charge on any atom is -0.491 e. The largest absolute Gasteiger partial charge is 0.491 e. The van der Waals surface area contributed by atoms with Crippen molar-refractivity contribution in [3.8, 4) is 17.0 Å². The van der Waals surface area contributed by atoms with Gasteiger partial charge in [0.05, 0.1) is 29.7 Å². The Kier molecular flexibility index (Phi) is 4.83. The van der Waals surface area contributed by atoms with Crippen LogP contribution >= 0.6 is 0 Å². The van der Waals surface area contributed by atoms with E-state index in [1.807, 2.05) is 36.4 Å². The van der Waals surface area contributed by atoms with E-state index in [0.717, 1.165) is 34.6 Å². The SMILES string of the molecule is O=CC1CC(=O)c2c([nH]c(-c3ccncc3OCC3CC3)c2Nc2ccccc2)C1. The number of ether oxygens (including phenoxy) is 1. The van der Waals surface area contributed by atoms with Crippen molar-refractivity contribution in [2.75, 3.05) is 11.9 Å². The van der Waals surface area contributed by atoms with Gasteiger partial charge in [0.15, 0.2) is 5.78 Å². The van der Waals surface area contributed by atoms with E-state index in [1.165, 1.54) is 12.8 Å². The zero-order valence-electron chi connectivity index (χ0n) is 16.6. The summed E-state index contributed by atoms with van der Waals surface area (Å²) in [7, 11) is 0. The molecule has 0 saturated heterocycles. The van der Waals surface area contributed by atoms with Gasteiger partial charge in [-0.05, 0) is 43.4 Å². The molecule has 2 aromatic heterocycles. The maximum atomic E-state index is 13.0. The third-order valence-electron chi connectivity index (χ3n) is 5.73. The number of hydrogen-bond donors (Lipinski definition) is 2. The predicted molar refractivity (Wildman–Crippen MR) is 114 cm³/mol. The van der Waals surface area contributed by atoms with Crippen LogP contribution < -0.4 is 10.1 Å². The first-order valence-electron chi connectivity index (χ1n) is 10.4. The van der Waals surface area contributed by atoms with Crippen molar-refractivity contribution in [2.45, 2.75) is 25.7 Å². The molecule has 0 aliphatic heterocycles. The number of H-pyrrole nitrogens is 1. The first-order chi connectivity index (χ1) is 14.7. The molecule has 0 radical (unpaired) electrons. The van der Waals surface area contributed by atoms with Crippen molar-refractivity contribution in [2.24, 2.45) is 11.8 Å². The number of benzene rings is 1. The molecule has 2 aliphatic rings. The molecule has 2 heterocycles. The number of anilines is 2. The number of carbonyl (C=O) groups is 2. The first-order valence-corrected chi connectivity index (χ1v) is 10.4. The fourth-order valence-corrected chi connectivity index (χ4v) is 3.97. The average molecular weight is 401 g/mol. The quantitative estimate of drug-likeness (QED) is 0.567. The summed E-state index contributed by atoms with van der Waals surface area (Å²) in [6.45, 7) is 0.673. The number of aromatic amines is 1. The average Bonchev–Trinajstić information content (AvgIpc) is 3.54. The van der Waals surface area contributed by atoms with Crippen molar-refractivity contribution >= 4 is 23.4 Å². The van der Waals surface area contributed by atoms with E-state index in [-0.39, 0.29) is 18.1 Å². The smallest absolute Gasteiger partial charge is 0.167 e. The molecule has 2 N–H and O–H groups in total. The Labute approximate surface area is 174 Å². The number of aldehydes is 1. The lowest BCUT2D eigenvalue weighted by Gasteiger charge is -2.17. The maximum Gasteiger partial charge on any atom is 0.167 e. The number of carbonyl (C=O) groups excluding carboxylic acids is 2. The Hall–Kier alpha value is -3.41. The molecule has 3 aromatic rings. The fourth-order valence-electron chi connectivity index (χ4n) is 3.97. The van der Waals surface area contributed by atoms with Crippen LogP contribution in [0.25, 0.3) is 11.3 Å². The normalized spacial score (nSPS) is 18.0. The lowest BCUT2D eigenvalue weighted by atomic mass is 9.87. The molecule has 6 nitrogen and oxygen atoms in total. The van der Waals surface area contributed by atoms with Crippen LogP contribution in [-0.2, 0) is 11.2 Å². The molecule has 1 unspecified atom stereocenters. The summed E-state index contributed by atoms with van der Waals surface area (Å²) >= 11 is 0. The summed E-state index contributed by atoms with van der Waals surface area (Å²) in [4.78, 5) is 32.0. The summed E-state index contributed by atoms with van der Waals surface area (Å²) in [5.41, 5.74) is 4.69. The van der Waals surface area contributed by atoms with Crippen molar-refractivity contribution in [1.82, 2.24) is 9.97 Å². The van der Waals surface area contributed by atoms with Crippen LogP contribution in [0, 0.1) is 11.8 Å². The zero-order valence-corrected chi connectivity index (χ0v) is 16.6. The van der Waals surface area contributed by atoms with Crippen molar-refractivity contribution in [3.05, 3.63) is 60.0 Å². The molecular weight excluding hydrogens is 378 g/mol. The van der Waals surface area contributed by atoms with Gasteiger partial charge in [0.2, 0.25) is 0 Å². The molecule has 6 heteroatoms. The van der Waals surface area contributed by atoms with Crippen LogP contribution in [-0.4, -0.2) is 28.6 Å². The number of rotatable bonds is 7. The first kappa shape index (κ1) is 18.6. The Balaban J connectivity index is 1.61. The van der Waals surface area contributed by atoms with Crippen molar-refractivity contribution < 1.29 is 14.3 Å². The second-order valence-corrected chi connectivity index (χ2v) is 8.07. The van der Waals surface area contributed by atoms with E-state index in [9.17, 15) is 9.59 Å². The molecule has 1 aromatic carbocycles. The molecule has 0 amide bonds. The monoisotopic (exact) mass is 401 g/mol. The van der Waals surface area contributed by atoms with Crippen LogP contribution in [0.2, 0.25) is 0 Å². The summed E-state index contributed by atoms with van der Waals surface area (Å²) in [6, 6.07) is 11.7. The summed E-state index contributed by atoms with van der Waals surface area (Å²) < 4.78 is 6.07. The highest BCUT2D eigenvalue weighted by Gasteiger charge is 2.32. The third-order valence-corrected chi connectivity index (χ3v) is 5.73. The highest BCUT2D eigenvalue weighted by atomic mass is 16.5. The highest BCUT2D eigenvalue weighted by molar-refractivity contribution is 6.08. The number of para-hydroxylation sites is 1. The maximum absolute atomic E-state index is 13.0. The molecule has 30 heavy (non-hydrogen) atoms. The molecule has 2 aliphatic carbocycles. The van der Waals surface area contributed by atoms with Crippen LogP contribution in [0.1, 0.15) is 35.3 Å². The molecule has 0 bridgehead atoms. The minimum atomic E-state index is -0.288. The van der Waals surface area contributed by atoms with Gasteiger partial charge in [-0.25, -0.2) is 0 Å². The second kappa shape index (κ2) is 7.78.